The highest BCUT2D eigenvalue weighted by molar-refractivity contribution is 7.98. The van der Waals surface area contributed by atoms with Crippen LogP contribution >= 0.6 is 24.2 Å². The first-order valence-corrected chi connectivity index (χ1v) is 8.17. The molecule has 0 saturated carbocycles. The number of anilines is 1. The average Bonchev–Trinajstić information content (AvgIpc) is 2.53. The molecule has 6 nitrogen and oxygen atoms in total. The van der Waals surface area contributed by atoms with Gasteiger partial charge < -0.3 is 15.5 Å². The molecule has 1 unspecified atom stereocenters. The minimum absolute atomic E-state index is 0. The molecule has 8 heteroatoms. The van der Waals surface area contributed by atoms with Gasteiger partial charge in [0.05, 0.1) is 6.04 Å². The van der Waals surface area contributed by atoms with Crippen molar-refractivity contribution in [2.75, 3.05) is 43.1 Å². The lowest BCUT2D eigenvalue weighted by Gasteiger charge is -2.35. The molecule has 1 aromatic heterocycles. The summed E-state index contributed by atoms with van der Waals surface area (Å²) in [5, 5.41) is 0. The minimum Gasteiger partial charge on any atom is -0.338 e. The van der Waals surface area contributed by atoms with Crippen LogP contribution in [-0.2, 0) is 4.79 Å². The van der Waals surface area contributed by atoms with E-state index in [9.17, 15) is 4.79 Å². The fourth-order valence-corrected chi connectivity index (χ4v) is 2.67. The number of nitrogens with two attached hydrogens (primary N) is 1. The van der Waals surface area contributed by atoms with Crippen molar-refractivity contribution in [2.45, 2.75) is 12.5 Å². The van der Waals surface area contributed by atoms with Crippen LogP contribution in [0.2, 0.25) is 0 Å². The van der Waals surface area contributed by atoms with Crippen molar-refractivity contribution in [2.24, 2.45) is 5.73 Å². The minimum atomic E-state index is -0.373. The Kier molecular flexibility index (Phi) is 7.77. The Morgan fingerprint density at radius 2 is 1.95 bits per heavy atom. The molecule has 1 atom stereocenters. The Morgan fingerprint density at radius 3 is 2.52 bits per heavy atom. The van der Waals surface area contributed by atoms with Crippen LogP contribution in [0.4, 0.5) is 5.95 Å². The highest BCUT2D eigenvalue weighted by atomic mass is 35.5. The predicted molar refractivity (Wildman–Crippen MR) is 89.0 cm³/mol. The first kappa shape index (κ1) is 18.0. The molecular formula is C13H22ClN5OS. The number of hydrogen-bond donors (Lipinski definition) is 1. The number of amides is 1. The third-order valence-corrected chi connectivity index (χ3v) is 4.02. The maximum atomic E-state index is 12.2. The fourth-order valence-electron chi connectivity index (χ4n) is 2.18. The van der Waals surface area contributed by atoms with Crippen LogP contribution in [0.15, 0.2) is 18.5 Å². The summed E-state index contributed by atoms with van der Waals surface area (Å²) in [6.07, 6.45) is 6.23. The maximum Gasteiger partial charge on any atom is 0.239 e. The zero-order chi connectivity index (χ0) is 14.4. The molecule has 1 aliphatic rings. The maximum absolute atomic E-state index is 12.2. The third-order valence-electron chi connectivity index (χ3n) is 3.38. The summed E-state index contributed by atoms with van der Waals surface area (Å²) in [6, 6.07) is 1.43. The van der Waals surface area contributed by atoms with Crippen molar-refractivity contribution in [3.05, 3.63) is 18.5 Å². The van der Waals surface area contributed by atoms with Crippen LogP contribution < -0.4 is 10.6 Å². The Morgan fingerprint density at radius 1 is 1.33 bits per heavy atom. The van der Waals surface area contributed by atoms with Gasteiger partial charge in [-0.05, 0) is 24.5 Å². The average molecular weight is 332 g/mol. The Labute approximate surface area is 135 Å². The van der Waals surface area contributed by atoms with Crippen LogP contribution in [-0.4, -0.2) is 65.0 Å². The first-order chi connectivity index (χ1) is 9.72. The molecule has 0 aromatic carbocycles. The monoisotopic (exact) mass is 331 g/mol. The second-order valence-electron chi connectivity index (χ2n) is 4.75. The molecule has 118 valence electrons. The summed E-state index contributed by atoms with van der Waals surface area (Å²) in [6.45, 7) is 2.88. The molecule has 1 aliphatic heterocycles. The summed E-state index contributed by atoms with van der Waals surface area (Å²) < 4.78 is 0. The van der Waals surface area contributed by atoms with E-state index in [1.165, 1.54) is 0 Å². The van der Waals surface area contributed by atoms with E-state index in [2.05, 4.69) is 14.9 Å². The van der Waals surface area contributed by atoms with Crippen molar-refractivity contribution in [3.63, 3.8) is 0 Å². The standard InChI is InChI=1S/C13H21N5OS.ClH/c1-20-10-3-11(14)12(19)17-6-8-18(9-7-17)13-15-4-2-5-16-13;/h2,4-5,11H,3,6-10,14H2,1H3;1H. The molecule has 0 aliphatic carbocycles. The second kappa shape index (κ2) is 9.07. The highest BCUT2D eigenvalue weighted by Crippen LogP contribution is 2.11. The van der Waals surface area contributed by atoms with E-state index in [0.717, 1.165) is 31.2 Å². The van der Waals surface area contributed by atoms with Gasteiger partial charge in [-0.1, -0.05) is 0 Å². The van der Waals surface area contributed by atoms with Gasteiger partial charge in [-0.25, -0.2) is 9.97 Å². The van der Waals surface area contributed by atoms with E-state index in [0.29, 0.717) is 13.1 Å². The third kappa shape index (κ3) is 5.01. The molecule has 0 bridgehead atoms. The number of piperazine rings is 1. The molecule has 1 aromatic rings. The summed E-state index contributed by atoms with van der Waals surface area (Å²) in [5.41, 5.74) is 5.94. The smallest absolute Gasteiger partial charge is 0.239 e. The quantitative estimate of drug-likeness (QED) is 0.853. The summed E-state index contributed by atoms with van der Waals surface area (Å²) in [4.78, 5) is 24.6. The number of nitrogens with zero attached hydrogens (tertiary/aromatic N) is 4. The van der Waals surface area contributed by atoms with Crippen molar-refractivity contribution < 1.29 is 4.79 Å². The van der Waals surface area contributed by atoms with Gasteiger partial charge in [-0.2, -0.15) is 11.8 Å². The van der Waals surface area contributed by atoms with Crippen molar-refractivity contribution >= 4 is 36.0 Å². The van der Waals surface area contributed by atoms with Gasteiger partial charge in [0.25, 0.3) is 0 Å². The van der Waals surface area contributed by atoms with Crippen LogP contribution in [0.25, 0.3) is 0 Å². The summed E-state index contributed by atoms with van der Waals surface area (Å²) in [7, 11) is 0. The first-order valence-electron chi connectivity index (χ1n) is 6.77. The highest BCUT2D eigenvalue weighted by Gasteiger charge is 2.25. The Balaban J connectivity index is 0.00000220. The normalized spacial score (nSPS) is 16.3. The van der Waals surface area contributed by atoms with Gasteiger partial charge in [0, 0.05) is 38.6 Å². The number of aromatic nitrogens is 2. The molecule has 0 radical (unpaired) electrons. The fraction of sp³-hybridized carbons (Fsp3) is 0.615. The van der Waals surface area contributed by atoms with Gasteiger partial charge in [-0.15, -0.1) is 12.4 Å². The SMILES string of the molecule is CSCCC(N)C(=O)N1CCN(c2ncccn2)CC1.Cl. The number of carbonyl (C=O) groups is 1. The molecule has 1 saturated heterocycles. The molecule has 1 amide bonds. The van der Waals surface area contributed by atoms with Crippen LogP contribution in [0.5, 0.6) is 0 Å². The molecule has 2 rings (SSSR count). The van der Waals surface area contributed by atoms with Gasteiger partial charge >= 0.3 is 0 Å². The lowest BCUT2D eigenvalue weighted by atomic mass is 10.2. The van der Waals surface area contributed by atoms with Crippen LogP contribution in [0.3, 0.4) is 0 Å². The number of thioether (sulfide) groups is 1. The number of halogens is 1. The molecule has 0 spiro atoms. The zero-order valence-corrected chi connectivity index (χ0v) is 13.8. The van der Waals surface area contributed by atoms with Gasteiger partial charge in [0.1, 0.15) is 0 Å². The molecular weight excluding hydrogens is 310 g/mol. The summed E-state index contributed by atoms with van der Waals surface area (Å²) in [5.74, 6) is 1.71. The van der Waals surface area contributed by atoms with E-state index in [4.69, 9.17) is 5.73 Å². The van der Waals surface area contributed by atoms with Gasteiger partial charge in [0.15, 0.2) is 0 Å². The predicted octanol–water partition coefficient (Wildman–Crippen LogP) is 0.627. The summed E-state index contributed by atoms with van der Waals surface area (Å²) >= 11 is 1.72. The molecule has 2 heterocycles. The van der Waals surface area contributed by atoms with Crippen LogP contribution in [0.1, 0.15) is 6.42 Å². The molecule has 1 fully saturated rings. The molecule has 2 N–H and O–H groups in total. The Bertz CT molecular complexity index is 428. The molecule has 21 heavy (non-hydrogen) atoms. The van der Waals surface area contributed by atoms with Gasteiger partial charge in [0.2, 0.25) is 11.9 Å². The van der Waals surface area contributed by atoms with E-state index in [-0.39, 0.29) is 24.4 Å². The van der Waals surface area contributed by atoms with Crippen molar-refractivity contribution in [3.8, 4) is 0 Å². The van der Waals surface area contributed by atoms with E-state index in [1.807, 2.05) is 11.2 Å². The Hall–Kier alpha value is -1.05. The number of carbonyl (C=O) groups excluding carboxylic acids is 1. The van der Waals surface area contributed by atoms with E-state index >= 15 is 0 Å². The number of rotatable bonds is 5. The van der Waals surface area contributed by atoms with E-state index < -0.39 is 0 Å². The largest absolute Gasteiger partial charge is 0.338 e. The topological polar surface area (TPSA) is 75.4 Å². The van der Waals surface area contributed by atoms with Crippen LogP contribution in [0, 0.1) is 0 Å². The van der Waals surface area contributed by atoms with Crippen molar-refractivity contribution in [1.29, 1.82) is 0 Å². The second-order valence-corrected chi connectivity index (χ2v) is 5.73. The number of hydrogen-bond acceptors (Lipinski definition) is 6. The lowest BCUT2D eigenvalue weighted by molar-refractivity contribution is -0.132. The van der Waals surface area contributed by atoms with Gasteiger partial charge in [-0.3, -0.25) is 4.79 Å². The lowest BCUT2D eigenvalue weighted by Crippen LogP contribution is -2.53. The van der Waals surface area contributed by atoms with E-state index in [1.54, 1.807) is 30.2 Å². The zero-order valence-electron chi connectivity index (χ0n) is 12.1. The van der Waals surface area contributed by atoms with Crippen molar-refractivity contribution in [1.82, 2.24) is 14.9 Å².